The van der Waals surface area contributed by atoms with E-state index in [-0.39, 0.29) is 69.2 Å². The molecule has 1 aromatic heterocycles. The van der Waals surface area contributed by atoms with E-state index >= 15 is 4.39 Å². The van der Waals surface area contributed by atoms with Gasteiger partial charge in [-0.1, -0.05) is 0 Å². The second-order valence-corrected chi connectivity index (χ2v) is 10.9. The van der Waals surface area contributed by atoms with Crippen LogP contribution in [0.4, 0.5) is 20.2 Å². The number of fused-ring (bicyclic) bond motifs is 1. The Morgan fingerprint density at radius 3 is 2.17 bits per heavy atom. The molecule has 0 unspecified atom stereocenters. The summed E-state index contributed by atoms with van der Waals surface area (Å²) in [5, 5.41) is 14.6. The quantitative estimate of drug-likeness (QED) is 0.0746. The molecule has 1 saturated carbocycles. The fourth-order valence-corrected chi connectivity index (χ4v) is 4.83. The van der Waals surface area contributed by atoms with Gasteiger partial charge in [-0.15, -0.1) is 0 Å². The Hall–Kier alpha value is -3.62. The molecule has 47 heavy (non-hydrogen) atoms. The van der Waals surface area contributed by atoms with Crippen molar-refractivity contribution in [3.05, 3.63) is 78.5 Å². The molecule has 1 aliphatic carbocycles. The van der Waals surface area contributed by atoms with Gasteiger partial charge in [-0.25, -0.2) is 8.78 Å². The minimum atomic E-state index is -1.29. The first kappa shape index (κ1) is 36.2. The molecule has 10 nitrogen and oxygen atoms in total. The number of amides is 2. The Morgan fingerprint density at radius 2 is 1.51 bits per heavy atom. The molecule has 2 amide bonds. The molecule has 0 saturated heterocycles. The summed E-state index contributed by atoms with van der Waals surface area (Å²) >= 11 is 0. The molecule has 5 rings (SSSR count). The van der Waals surface area contributed by atoms with E-state index in [1.165, 1.54) is 42.6 Å². The van der Waals surface area contributed by atoms with Crippen molar-refractivity contribution in [1.82, 2.24) is 4.98 Å². The number of hydrogen-bond donors (Lipinski definition) is 3. The van der Waals surface area contributed by atoms with Crippen molar-refractivity contribution in [2.24, 2.45) is 5.41 Å². The molecule has 1 heterocycles. The van der Waals surface area contributed by atoms with Gasteiger partial charge in [-0.2, -0.15) is 0 Å². The van der Waals surface area contributed by atoms with Crippen molar-refractivity contribution < 1.29 is 42.5 Å². The third-order valence-corrected chi connectivity index (χ3v) is 7.49. The van der Waals surface area contributed by atoms with Crippen molar-refractivity contribution in [3.8, 4) is 23.0 Å². The molecule has 1 aliphatic rings. The van der Waals surface area contributed by atoms with E-state index < -0.39 is 34.8 Å². The van der Waals surface area contributed by atoms with Crippen molar-refractivity contribution in [3.63, 3.8) is 0 Å². The Kier molecular flexibility index (Phi) is 12.7. The van der Waals surface area contributed by atoms with Crippen LogP contribution in [-0.2, 0) is 14.4 Å². The molecule has 3 N–H and O–H groups in total. The zero-order valence-electron chi connectivity index (χ0n) is 25.1. The number of pyridine rings is 1. The van der Waals surface area contributed by atoms with Crippen molar-refractivity contribution in [2.45, 2.75) is 45.4 Å². The first-order chi connectivity index (χ1) is 22.2. The maximum absolute atomic E-state index is 15.2. The van der Waals surface area contributed by atoms with Crippen LogP contribution in [0.2, 0.25) is 0 Å². The average molecular weight is 674 g/mol. The monoisotopic (exact) mass is 673 g/mol. The zero-order valence-corrected chi connectivity index (χ0v) is 25.1. The van der Waals surface area contributed by atoms with Crippen LogP contribution in [-0.4, -0.2) is 92.5 Å². The first-order valence-electron chi connectivity index (χ1n) is 14.9. The van der Waals surface area contributed by atoms with Crippen LogP contribution in [0.25, 0.3) is 10.9 Å². The second kappa shape index (κ2) is 16.5. The summed E-state index contributed by atoms with van der Waals surface area (Å²) in [6.07, 6.45) is 4.24. The Morgan fingerprint density at radius 1 is 0.830 bits per heavy atom. The zero-order chi connectivity index (χ0) is 32.7. The molecule has 0 bridgehead atoms. The van der Waals surface area contributed by atoms with Crippen molar-refractivity contribution in [1.29, 1.82) is 0 Å². The summed E-state index contributed by atoms with van der Waals surface area (Å²) in [5.74, 6) is -1.95. The van der Waals surface area contributed by atoms with Gasteiger partial charge in [0.15, 0.2) is 23.1 Å². The molecule has 3 aromatic carbocycles. The van der Waals surface area contributed by atoms with Gasteiger partial charge in [0, 0.05) is 41.5 Å². The van der Waals surface area contributed by atoms with Crippen molar-refractivity contribution in [2.75, 3.05) is 23.8 Å². The summed E-state index contributed by atoms with van der Waals surface area (Å²) in [5.41, 5.74) is -0.251. The normalized spacial score (nSPS) is 12.8. The van der Waals surface area contributed by atoms with Crippen molar-refractivity contribution >= 4 is 91.4 Å². The van der Waals surface area contributed by atoms with E-state index in [2.05, 4.69) is 15.6 Å². The van der Waals surface area contributed by atoms with Gasteiger partial charge >= 0.3 is 57.4 Å². The molecule has 0 spiro atoms. The summed E-state index contributed by atoms with van der Waals surface area (Å²) in [7, 11) is 0. The number of halogens is 2. The number of aromatic nitrogens is 1. The number of nitrogens with zero attached hydrogens (tertiary/aromatic N) is 1. The van der Waals surface area contributed by atoms with E-state index in [1.54, 1.807) is 18.2 Å². The SMILES string of the molecule is CCOc1cc2c(Oc3ccc(NC(=O)C4(C(=O)Nc5ccc(F)cc5)CC4)cc3F)ccnc2cc1OCCCCCC(=O)O.[KH]. The minimum absolute atomic E-state index is 0. The first-order valence-corrected chi connectivity index (χ1v) is 14.9. The summed E-state index contributed by atoms with van der Waals surface area (Å²) in [6, 6.07) is 14.2. The van der Waals surface area contributed by atoms with E-state index in [1.807, 2.05) is 6.92 Å². The molecule has 4 aromatic rings. The van der Waals surface area contributed by atoms with Gasteiger partial charge in [0.1, 0.15) is 17.0 Å². The Balaban J connectivity index is 0.00000500. The number of nitrogens with one attached hydrogen (secondary N) is 2. The number of rotatable bonds is 15. The van der Waals surface area contributed by atoms with Gasteiger partial charge < -0.3 is 30.0 Å². The molecule has 0 radical (unpaired) electrons. The van der Waals surface area contributed by atoms with Crippen LogP contribution in [0.1, 0.15) is 45.4 Å². The summed E-state index contributed by atoms with van der Waals surface area (Å²) < 4.78 is 46.1. The van der Waals surface area contributed by atoms with Gasteiger partial charge in [-0.05, 0) is 87.6 Å². The van der Waals surface area contributed by atoms with Crippen LogP contribution >= 0.6 is 0 Å². The average Bonchev–Trinajstić information content (AvgIpc) is 3.84. The van der Waals surface area contributed by atoms with E-state index in [0.29, 0.717) is 79.2 Å². The number of ether oxygens (including phenoxy) is 3. The number of carboxylic acids is 1. The summed E-state index contributed by atoms with van der Waals surface area (Å²) in [6.45, 7) is 2.57. The number of carboxylic acid groups (broad SMARTS) is 1. The molecular formula is C34H34F2KN3O7. The van der Waals surface area contributed by atoms with Crippen LogP contribution in [0.15, 0.2) is 66.9 Å². The molecule has 0 atom stereocenters. The number of benzene rings is 3. The van der Waals surface area contributed by atoms with Crippen LogP contribution in [0.5, 0.6) is 23.0 Å². The van der Waals surface area contributed by atoms with Gasteiger partial charge in [0.05, 0.1) is 18.7 Å². The van der Waals surface area contributed by atoms with E-state index in [9.17, 15) is 18.8 Å². The number of carbonyl (C=O) groups excluding carboxylic acids is 2. The molecule has 242 valence electrons. The number of carbonyl (C=O) groups is 3. The standard InChI is InChI=1S/C34H33F2N3O7.K.H/c1-2-44-29-19-24-26(20-30(29)45-17-5-3-4-6-31(40)41)37-16-13-27(24)46-28-12-11-23(18-25(28)36)39-33(43)34(14-15-34)32(42)38-22-9-7-21(35)8-10-22;;/h7-13,16,18-20H,2-6,14-15,17H2,1H3,(H,38,42)(H,39,43)(H,40,41);;. The second-order valence-electron chi connectivity index (χ2n) is 10.9. The van der Waals surface area contributed by atoms with E-state index in [0.717, 1.165) is 6.07 Å². The molecule has 0 aliphatic heterocycles. The number of hydrogen-bond acceptors (Lipinski definition) is 7. The van der Waals surface area contributed by atoms with E-state index in [4.69, 9.17) is 19.3 Å². The van der Waals surface area contributed by atoms with Crippen LogP contribution in [0.3, 0.4) is 0 Å². The predicted molar refractivity (Wildman–Crippen MR) is 173 cm³/mol. The topological polar surface area (TPSA) is 136 Å². The number of aliphatic carboxylic acids is 1. The number of anilines is 2. The summed E-state index contributed by atoms with van der Waals surface area (Å²) in [4.78, 5) is 41.0. The van der Waals surface area contributed by atoms with Crippen LogP contribution in [0, 0.1) is 17.0 Å². The van der Waals surface area contributed by atoms with Crippen LogP contribution < -0.4 is 24.8 Å². The Bertz CT molecular complexity index is 1750. The molecule has 13 heteroatoms. The number of unbranched alkanes of at least 4 members (excludes halogenated alkanes) is 2. The molecule has 1 fully saturated rings. The van der Waals surface area contributed by atoms with Gasteiger partial charge in [-0.3, -0.25) is 19.4 Å². The fourth-order valence-electron chi connectivity index (χ4n) is 4.83. The molecular weight excluding hydrogens is 639 g/mol. The maximum atomic E-state index is 15.2. The fraction of sp³-hybridized carbons (Fsp3) is 0.294. The third-order valence-electron chi connectivity index (χ3n) is 7.49. The third kappa shape index (κ3) is 9.26. The predicted octanol–water partition coefficient (Wildman–Crippen LogP) is 6.44. The van der Waals surface area contributed by atoms with Gasteiger partial charge in [0.2, 0.25) is 11.8 Å². The van der Waals surface area contributed by atoms with Gasteiger partial charge in [0.25, 0.3) is 0 Å². The Labute approximate surface area is 312 Å².